The monoisotopic (exact) mass is 406 g/mol. The van der Waals surface area contributed by atoms with Gasteiger partial charge in [0.1, 0.15) is 6.10 Å². The number of ether oxygens (including phenoxy) is 1. The van der Waals surface area contributed by atoms with E-state index in [2.05, 4.69) is 78.9 Å². The van der Waals surface area contributed by atoms with Gasteiger partial charge in [-0.25, -0.2) is 0 Å². The van der Waals surface area contributed by atoms with Crippen LogP contribution in [-0.2, 0) is 9.53 Å². The zero-order chi connectivity index (χ0) is 21.5. The zero-order valence-electron chi connectivity index (χ0n) is 18.2. The van der Waals surface area contributed by atoms with Gasteiger partial charge in [-0.05, 0) is 104 Å². The summed E-state index contributed by atoms with van der Waals surface area (Å²) in [5.74, 6) is -0.205. The molecular weight excluding hydrogens is 380 g/mol. The SMILES string of the molecule is CCC(C)C(=O)OC(C)c1ccc2cc3cc4cc5ccccc5cc4cc3cc2c1. The van der Waals surface area contributed by atoms with Gasteiger partial charge in [0.2, 0.25) is 0 Å². The van der Waals surface area contributed by atoms with Gasteiger partial charge in [-0.2, -0.15) is 0 Å². The van der Waals surface area contributed by atoms with Crippen LogP contribution in [0.2, 0.25) is 0 Å². The van der Waals surface area contributed by atoms with Crippen LogP contribution in [0.3, 0.4) is 0 Å². The molecule has 2 heteroatoms. The summed E-state index contributed by atoms with van der Waals surface area (Å²) in [5, 5.41) is 9.84. The Morgan fingerprint density at radius 3 is 1.65 bits per heavy atom. The van der Waals surface area contributed by atoms with Crippen LogP contribution in [0, 0.1) is 5.92 Å². The Balaban J connectivity index is 1.58. The lowest BCUT2D eigenvalue weighted by Crippen LogP contribution is -2.16. The molecule has 0 bridgehead atoms. The van der Waals surface area contributed by atoms with E-state index in [-0.39, 0.29) is 18.0 Å². The second-order valence-corrected chi connectivity index (χ2v) is 8.59. The second-order valence-electron chi connectivity index (χ2n) is 8.59. The normalized spacial score (nSPS) is 13.6. The summed E-state index contributed by atoms with van der Waals surface area (Å²) in [4.78, 5) is 12.2. The first-order chi connectivity index (χ1) is 15.0. The lowest BCUT2D eigenvalue weighted by atomic mass is 9.96. The molecule has 2 unspecified atom stereocenters. The van der Waals surface area contributed by atoms with E-state index in [0.29, 0.717) is 0 Å². The van der Waals surface area contributed by atoms with Crippen LogP contribution in [-0.4, -0.2) is 5.97 Å². The van der Waals surface area contributed by atoms with E-state index in [9.17, 15) is 4.79 Å². The van der Waals surface area contributed by atoms with Crippen LogP contribution >= 0.6 is 0 Å². The topological polar surface area (TPSA) is 26.3 Å². The lowest BCUT2D eigenvalue weighted by molar-refractivity contribution is -0.153. The fraction of sp³-hybridized carbons (Fsp3) is 0.207. The smallest absolute Gasteiger partial charge is 0.309 e. The predicted molar refractivity (Wildman–Crippen MR) is 130 cm³/mol. The predicted octanol–water partition coefficient (Wildman–Crippen LogP) is 7.95. The van der Waals surface area contributed by atoms with Crippen LogP contribution in [0.15, 0.2) is 78.9 Å². The lowest BCUT2D eigenvalue weighted by Gasteiger charge is -2.17. The van der Waals surface area contributed by atoms with E-state index >= 15 is 0 Å². The molecule has 0 spiro atoms. The summed E-state index contributed by atoms with van der Waals surface area (Å²) in [6.07, 6.45) is 0.531. The fourth-order valence-electron chi connectivity index (χ4n) is 4.24. The number of esters is 1. The maximum Gasteiger partial charge on any atom is 0.309 e. The highest BCUT2D eigenvalue weighted by Gasteiger charge is 2.17. The van der Waals surface area contributed by atoms with Gasteiger partial charge in [-0.1, -0.05) is 50.2 Å². The first-order valence-corrected chi connectivity index (χ1v) is 11.0. The van der Waals surface area contributed by atoms with Gasteiger partial charge in [-0.15, -0.1) is 0 Å². The highest BCUT2D eigenvalue weighted by molar-refractivity contribution is 6.08. The Kier molecular flexibility index (Phi) is 4.86. The van der Waals surface area contributed by atoms with Gasteiger partial charge in [0.05, 0.1) is 5.92 Å². The third kappa shape index (κ3) is 3.63. The highest BCUT2D eigenvalue weighted by Crippen LogP contribution is 2.31. The molecule has 0 aliphatic carbocycles. The number of hydrogen-bond acceptors (Lipinski definition) is 2. The molecule has 0 saturated carbocycles. The van der Waals surface area contributed by atoms with Crippen molar-refractivity contribution in [1.82, 2.24) is 0 Å². The van der Waals surface area contributed by atoms with Crippen LogP contribution in [0.25, 0.3) is 43.1 Å². The first kappa shape index (κ1) is 19.6. The number of hydrogen-bond donors (Lipinski definition) is 0. The molecule has 0 aromatic heterocycles. The molecule has 5 aromatic rings. The highest BCUT2D eigenvalue weighted by atomic mass is 16.5. The summed E-state index contributed by atoms with van der Waals surface area (Å²) in [5.41, 5.74) is 1.02. The van der Waals surface area contributed by atoms with Gasteiger partial charge in [0.25, 0.3) is 0 Å². The standard InChI is InChI=1S/C29H26O2/c1-4-18(2)29(30)31-19(3)20-9-10-23-14-27-16-25-12-21-7-5-6-8-22(21)13-26(25)17-28(27)15-24(23)11-20/h5-19H,4H2,1-3H3. The van der Waals surface area contributed by atoms with Crippen LogP contribution in [0.5, 0.6) is 0 Å². The molecule has 0 amide bonds. The quantitative estimate of drug-likeness (QED) is 0.224. The molecule has 0 fully saturated rings. The maximum absolute atomic E-state index is 12.2. The molecule has 5 aromatic carbocycles. The molecule has 0 aliphatic rings. The maximum atomic E-state index is 12.2. The van der Waals surface area contributed by atoms with Crippen molar-refractivity contribution >= 4 is 49.1 Å². The van der Waals surface area contributed by atoms with Gasteiger partial charge in [0, 0.05) is 0 Å². The number of benzene rings is 5. The Labute approximate surface area is 182 Å². The Morgan fingerprint density at radius 2 is 1.13 bits per heavy atom. The van der Waals surface area contributed by atoms with E-state index in [4.69, 9.17) is 4.74 Å². The average Bonchev–Trinajstić information content (AvgIpc) is 2.78. The summed E-state index contributed by atoms with van der Waals surface area (Å²) in [6.45, 7) is 5.86. The van der Waals surface area contributed by atoms with E-state index in [1.807, 2.05) is 20.8 Å². The fourth-order valence-corrected chi connectivity index (χ4v) is 4.24. The van der Waals surface area contributed by atoms with Crippen molar-refractivity contribution in [1.29, 1.82) is 0 Å². The van der Waals surface area contributed by atoms with E-state index in [1.165, 1.54) is 37.7 Å². The third-order valence-corrected chi connectivity index (χ3v) is 6.42. The second kappa shape index (κ2) is 7.70. The summed E-state index contributed by atoms with van der Waals surface area (Å²) in [7, 11) is 0. The first-order valence-electron chi connectivity index (χ1n) is 11.0. The van der Waals surface area contributed by atoms with Gasteiger partial charge in [-0.3, -0.25) is 4.79 Å². The summed E-state index contributed by atoms with van der Waals surface area (Å²) < 4.78 is 5.69. The summed E-state index contributed by atoms with van der Waals surface area (Å²) in [6, 6.07) is 28.4. The molecule has 0 heterocycles. The Morgan fingerprint density at radius 1 is 0.677 bits per heavy atom. The molecule has 154 valence electrons. The van der Waals surface area contributed by atoms with Crippen LogP contribution in [0.1, 0.15) is 38.9 Å². The molecule has 0 radical (unpaired) electrons. The number of rotatable bonds is 4. The van der Waals surface area contributed by atoms with E-state index in [0.717, 1.165) is 17.4 Å². The molecule has 0 saturated heterocycles. The largest absolute Gasteiger partial charge is 0.458 e. The van der Waals surface area contributed by atoms with Gasteiger partial charge < -0.3 is 4.74 Å². The number of fused-ring (bicyclic) bond motifs is 4. The summed E-state index contributed by atoms with van der Waals surface area (Å²) >= 11 is 0. The molecule has 2 atom stereocenters. The molecule has 5 rings (SSSR count). The molecular formula is C29H26O2. The number of carbonyl (C=O) groups excluding carboxylic acids is 1. The zero-order valence-corrected chi connectivity index (χ0v) is 18.2. The van der Waals surface area contributed by atoms with Crippen molar-refractivity contribution in [2.24, 2.45) is 5.92 Å². The van der Waals surface area contributed by atoms with E-state index in [1.54, 1.807) is 0 Å². The van der Waals surface area contributed by atoms with Gasteiger partial charge >= 0.3 is 5.97 Å². The average molecular weight is 407 g/mol. The van der Waals surface area contributed by atoms with Crippen molar-refractivity contribution in [2.45, 2.75) is 33.3 Å². The molecule has 0 aliphatic heterocycles. The van der Waals surface area contributed by atoms with Crippen LogP contribution in [0.4, 0.5) is 0 Å². The number of carbonyl (C=O) groups is 1. The minimum atomic E-state index is -0.260. The van der Waals surface area contributed by atoms with Crippen molar-refractivity contribution in [2.75, 3.05) is 0 Å². The minimum absolute atomic E-state index is 0.0730. The van der Waals surface area contributed by atoms with Gasteiger partial charge in [0.15, 0.2) is 0 Å². The Bertz CT molecular complexity index is 1450. The van der Waals surface area contributed by atoms with Crippen molar-refractivity contribution in [3.63, 3.8) is 0 Å². The molecule has 0 N–H and O–H groups in total. The van der Waals surface area contributed by atoms with Crippen molar-refractivity contribution in [3.05, 3.63) is 84.4 Å². The molecule has 2 nitrogen and oxygen atoms in total. The Hall–Kier alpha value is -3.39. The van der Waals surface area contributed by atoms with Crippen molar-refractivity contribution in [3.8, 4) is 0 Å². The minimum Gasteiger partial charge on any atom is -0.458 e. The molecule has 31 heavy (non-hydrogen) atoms. The van der Waals surface area contributed by atoms with E-state index < -0.39 is 0 Å². The third-order valence-electron chi connectivity index (χ3n) is 6.42. The van der Waals surface area contributed by atoms with Crippen molar-refractivity contribution < 1.29 is 9.53 Å². The van der Waals surface area contributed by atoms with Crippen LogP contribution < -0.4 is 0 Å².